The third-order valence-corrected chi connectivity index (χ3v) is 4.62. The van der Waals surface area contributed by atoms with E-state index in [2.05, 4.69) is 9.69 Å². The minimum atomic E-state index is -4.62. The van der Waals surface area contributed by atoms with Crippen LogP contribution in [0.1, 0.15) is 5.56 Å². The molecule has 0 radical (unpaired) electrons. The van der Waals surface area contributed by atoms with Gasteiger partial charge in [-0.05, 0) is 36.4 Å². The molecule has 3 aromatic carbocycles. The van der Waals surface area contributed by atoms with Crippen LogP contribution >= 0.6 is 0 Å². The van der Waals surface area contributed by atoms with E-state index in [9.17, 15) is 36.9 Å². The fraction of sp³-hybridized carbons (Fsp3) is 0.0400. The summed E-state index contributed by atoms with van der Waals surface area (Å²) in [4.78, 5) is 6.08. The molecule has 12 heteroatoms. The van der Waals surface area contributed by atoms with Gasteiger partial charge in [-0.2, -0.15) is 13.2 Å². The Balaban J connectivity index is 2.29. The Labute approximate surface area is 204 Å². The molecule has 3 rings (SSSR count). The van der Waals surface area contributed by atoms with E-state index < -0.39 is 52.1 Å². The third-order valence-electron chi connectivity index (χ3n) is 4.62. The summed E-state index contributed by atoms with van der Waals surface area (Å²) in [5.74, 6) is -6.44. The maximum Gasteiger partial charge on any atom is 0.416 e. The van der Waals surface area contributed by atoms with Gasteiger partial charge in [0, 0.05) is 22.6 Å². The minimum Gasteiger partial charge on any atom is -0.458 e. The highest BCUT2D eigenvalue weighted by Gasteiger charge is 2.30. The number of hydrogen-bond acceptors (Lipinski definition) is 4. The van der Waals surface area contributed by atoms with Crippen molar-refractivity contribution in [3.63, 3.8) is 0 Å². The summed E-state index contributed by atoms with van der Waals surface area (Å²) in [5, 5.41) is 18.2. The van der Waals surface area contributed by atoms with Crippen LogP contribution in [-0.2, 0) is 6.18 Å². The highest BCUT2D eigenvalue weighted by atomic mass is 19.4. The number of ether oxygens (including phenoxy) is 2. The molecule has 182 valence electrons. The van der Waals surface area contributed by atoms with Gasteiger partial charge in [0.25, 0.3) is 11.4 Å². The summed E-state index contributed by atoms with van der Waals surface area (Å²) in [7, 11) is 0. The Morgan fingerprint density at radius 1 is 0.730 bits per heavy atom. The minimum absolute atomic E-state index is 0.153. The number of hydrogen-bond donors (Lipinski definition) is 0. The van der Waals surface area contributed by atoms with Crippen LogP contribution in [0.2, 0.25) is 0 Å². The van der Waals surface area contributed by atoms with Crippen molar-refractivity contribution < 1.29 is 35.8 Å². The predicted octanol–water partition coefficient (Wildman–Crippen LogP) is 5.81. The zero-order chi connectivity index (χ0) is 27.3. The molecular weight excluding hydrogens is 502 g/mol. The molecule has 0 atom stereocenters. The summed E-state index contributed by atoms with van der Waals surface area (Å²) in [5.41, 5.74) is -2.17. The van der Waals surface area contributed by atoms with Gasteiger partial charge in [-0.1, -0.05) is 0 Å². The van der Waals surface area contributed by atoms with Crippen LogP contribution in [0.15, 0.2) is 48.5 Å². The van der Waals surface area contributed by atoms with E-state index in [1.807, 2.05) is 0 Å². The number of nitriles is 2. The van der Waals surface area contributed by atoms with E-state index >= 15 is 0 Å². The molecular formula is C25H8F6N4O2. The van der Waals surface area contributed by atoms with Gasteiger partial charge in [-0.25, -0.2) is 33.4 Å². The van der Waals surface area contributed by atoms with Gasteiger partial charge in [0.15, 0.2) is 17.5 Å². The van der Waals surface area contributed by atoms with Gasteiger partial charge in [0.05, 0.1) is 30.8 Å². The van der Waals surface area contributed by atoms with Crippen LogP contribution in [-0.4, -0.2) is 0 Å². The fourth-order valence-corrected chi connectivity index (χ4v) is 2.95. The van der Waals surface area contributed by atoms with Crippen LogP contribution in [0, 0.1) is 53.3 Å². The third kappa shape index (κ3) is 5.62. The molecule has 0 fully saturated rings. The molecule has 0 aliphatic carbocycles. The van der Waals surface area contributed by atoms with Crippen molar-refractivity contribution in [2.75, 3.05) is 0 Å². The van der Waals surface area contributed by atoms with Gasteiger partial charge in [-0.15, -0.1) is 0 Å². The molecule has 0 aromatic heterocycles. The number of benzene rings is 3. The van der Waals surface area contributed by atoms with E-state index in [1.165, 1.54) is 0 Å². The lowest BCUT2D eigenvalue weighted by atomic mass is 10.1. The second-order valence-electron chi connectivity index (χ2n) is 6.92. The van der Waals surface area contributed by atoms with Crippen molar-refractivity contribution in [2.24, 2.45) is 0 Å². The summed E-state index contributed by atoms with van der Waals surface area (Å²) >= 11 is 0. The summed E-state index contributed by atoms with van der Waals surface area (Å²) in [6.07, 6.45) is -4.62. The zero-order valence-corrected chi connectivity index (χ0v) is 18.0. The van der Waals surface area contributed by atoms with Crippen molar-refractivity contribution in [1.29, 1.82) is 10.5 Å². The van der Waals surface area contributed by atoms with Crippen LogP contribution < -0.4 is 19.9 Å². The van der Waals surface area contributed by atoms with Crippen molar-refractivity contribution in [3.8, 4) is 35.1 Å². The van der Waals surface area contributed by atoms with Crippen LogP contribution in [0.3, 0.4) is 0 Å². The van der Waals surface area contributed by atoms with Gasteiger partial charge in [0.2, 0.25) is 0 Å². The lowest BCUT2D eigenvalue weighted by Gasteiger charge is -2.13. The molecule has 0 heterocycles. The van der Waals surface area contributed by atoms with Crippen LogP contribution in [0.4, 0.5) is 26.3 Å². The van der Waals surface area contributed by atoms with E-state index in [0.29, 0.717) is 12.1 Å². The summed E-state index contributed by atoms with van der Waals surface area (Å²) in [6.45, 7) is 14.5. The lowest BCUT2D eigenvalue weighted by Crippen LogP contribution is -2.18. The topological polar surface area (TPSA) is 74.8 Å². The molecule has 0 N–H and O–H groups in total. The first-order chi connectivity index (χ1) is 17.5. The molecule has 0 spiro atoms. The van der Waals surface area contributed by atoms with Crippen LogP contribution in [0.25, 0.3) is 21.1 Å². The highest BCUT2D eigenvalue weighted by molar-refractivity contribution is 5.72. The maximum absolute atomic E-state index is 13.7. The number of rotatable bonds is 4. The highest BCUT2D eigenvalue weighted by Crippen LogP contribution is 2.31. The largest absolute Gasteiger partial charge is 0.458 e. The number of alkyl halides is 3. The molecule has 0 aliphatic rings. The smallest absolute Gasteiger partial charge is 0.416 e. The summed E-state index contributed by atoms with van der Waals surface area (Å²) in [6, 6.07) is 9.49. The quantitative estimate of drug-likeness (QED) is 0.252. The first-order valence-electron chi connectivity index (χ1n) is 9.67. The Morgan fingerprint density at radius 3 is 1.54 bits per heavy atom. The second-order valence-corrected chi connectivity index (χ2v) is 6.92. The first-order valence-corrected chi connectivity index (χ1v) is 9.67. The monoisotopic (exact) mass is 510 g/mol. The Kier molecular flexibility index (Phi) is 7.37. The summed E-state index contributed by atoms with van der Waals surface area (Å²) < 4.78 is 90.2. The van der Waals surface area contributed by atoms with Crippen molar-refractivity contribution >= 4 is 11.4 Å². The fourth-order valence-electron chi connectivity index (χ4n) is 2.95. The first kappa shape index (κ1) is 26.2. The van der Waals surface area contributed by atoms with E-state index in [1.54, 1.807) is 12.1 Å². The Bertz CT molecular complexity index is 1630. The second kappa shape index (κ2) is 10.4. The molecule has 0 unspecified atom stereocenters. The Hall–Kier alpha value is -5.46. The number of halogens is 6. The van der Waals surface area contributed by atoms with Crippen LogP contribution in [0.5, 0.6) is 23.0 Å². The molecule has 0 aliphatic heterocycles. The lowest BCUT2D eigenvalue weighted by molar-refractivity contribution is -0.137. The average Bonchev–Trinajstić information content (AvgIpc) is 2.85. The van der Waals surface area contributed by atoms with Gasteiger partial charge in [0.1, 0.15) is 23.0 Å². The van der Waals surface area contributed by atoms with Crippen molar-refractivity contribution in [3.05, 3.63) is 105 Å². The van der Waals surface area contributed by atoms with E-state index in [-0.39, 0.29) is 21.9 Å². The molecule has 0 amide bonds. The maximum atomic E-state index is 13.7. The average molecular weight is 510 g/mol. The van der Waals surface area contributed by atoms with Gasteiger partial charge < -0.3 is 9.47 Å². The molecule has 3 aromatic rings. The van der Waals surface area contributed by atoms with Crippen molar-refractivity contribution in [2.45, 2.75) is 6.18 Å². The molecule has 0 saturated carbocycles. The Morgan fingerprint density at radius 2 is 1.16 bits per heavy atom. The normalized spacial score (nSPS) is 12.3. The molecule has 0 bridgehead atoms. The van der Waals surface area contributed by atoms with Crippen molar-refractivity contribution in [1.82, 2.24) is 0 Å². The number of nitrogens with zero attached hydrogens (tertiary/aromatic N) is 4. The molecule has 0 saturated heterocycles. The van der Waals surface area contributed by atoms with E-state index in [4.69, 9.17) is 22.6 Å². The van der Waals surface area contributed by atoms with E-state index in [0.717, 1.165) is 36.4 Å². The zero-order valence-electron chi connectivity index (χ0n) is 18.0. The van der Waals surface area contributed by atoms with Gasteiger partial charge in [-0.3, -0.25) is 0 Å². The SMILES string of the molecule is [C-]#[N+]/C(C#N)=c1/cc(Oc2ccc(C(F)(F)F)cc2)/c(=C(\C#N)[N+]#[C-])cc1Oc1cc(F)c(F)c(F)c1. The van der Waals surface area contributed by atoms with Gasteiger partial charge >= 0.3 is 6.18 Å². The molecule has 6 nitrogen and oxygen atoms in total. The molecule has 37 heavy (non-hydrogen) atoms. The predicted molar refractivity (Wildman–Crippen MR) is 115 cm³/mol. The standard InChI is InChI=1S/C25H8F6N4O2/c1-34-20(11-32)16-10-23(37-15-7-18(26)24(28)19(27)8-15)17(21(12-33)35-2)9-22(16)36-14-5-3-13(4-6-14)25(29,30)31/h3-10H/b20-16+,21-17-.